The number of hydrogen-bond donors (Lipinski definition) is 1. The number of nitrogens with zero attached hydrogens (tertiary/aromatic N) is 4. The van der Waals surface area contributed by atoms with Crippen molar-refractivity contribution < 1.29 is 14.6 Å². The van der Waals surface area contributed by atoms with Gasteiger partial charge in [0.2, 0.25) is 0 Å². The van der Waals surface area contributed by atoms with Crippen LogP contribution in [0.25, 0.3) is 0 Å². The molecule has 1 N–H and O–H groups in total. The van der Waals surface area contributed by atoms with Gasteiger partial charge in [0.05, 0.1) is 25.5 Å². The van der Waals surface area contributed by atoms with Crippen molar-refractivity contribution in [2.75, 3.05) is 24.6 Å². The number of nitriles is 1. The van der Waals surface area contributed by atoms with E-state index in [1.807, 2.05) is 17.9 Å². The summed E-state index contributed by atoms with van der Waals surface area (Å²) in [6.45, 7) is 2.66. The highest BCUT2D eigenvalue weighted by Crippen LogP contribution is 2.28. The number of ether oxygens (including phenoxy) is 1. The van der Waals surface area contributed by atoms with Crippen LogP contribution in [-0.4, -0.2) is 46.3 Å². The van der Waals surface area contributed by atoms with E-state index in [0.717, 1.165) is 0 Å². The van der Waals surface area contributed by atoms with Crippen LogP contribution in [0.5, 0.6) is 0 Å². The van der Waals surface area contributed by atoms with Crippen LogP contribution in [0.1, 0.15) is 12.6 Å². The van der Waals surface area contributed by atoms with E-state index in [-0.39, 0.29) is 12.3 Å². The summed E-state index contributed by atoms with van der Waals surface area (Å²) < 4.78 is 5.28. The van der Waals surface area contributed by atoms with Crippen LogP contribution in [0.15, 0.2) is 12.4 Å². The highest BCUT2D eigenvalue weighted by Gasteiger charge is 2.41. The maximum atomic E-state index is 10.4. The summed E-state index contributed by atoms with van der Waals surface area (Å²) in [6, 6.07) is 1.90. The van der Waals surface area contributed by atoms with Crippen molar-refractivity contribution in [3.05, 3.63) is 18.1 Å². The van der Waals surface area contributed by atoms with Crippen LogP contribution in [-0.2, 0) is 9.53 Å². The van der Waals surface area contributed by atoms with Gasteiger partial charge in [-0.25, -0.2) is 14.8 Å². The Kier molecular flexibility index (Phi) is 3.12. The van der Waals surface area contributed by atoms with E-state index in [1.54, 1.807) is 0 Å². The van der Waals surface area contributed by atoms with Gasteiger partial charge in [-0.3, -0.25) is 0 Å². The molecular weight excluding hydrogens is 236 g/mol. The number of rotatable bonds is 4. The van der Waals surface area contributed by atoms with E-state index in [0.29, 0.717) is 18.9 Å². The van der Waals surface area contributed by atoms with Gasteiger partial charge in [-0.05, 0) is 6.92 Å². The fraction of sp³-hybridized carbons (Fsp3) is 0.455. The molecule has 1 fully saturated rings. The molecular formula is C11H12N4O3. The highest BCUT2D eigenvalue weighted by molar-refractivity contribution is 5.68. The molecule has 2 heterocycles. The Morgan fingerprint density at radius 2 is 2.33 bits per heavy atom. The van der Waals surface area contributed by atoms with Crippen molar-refractivity contribution in [3.8, 4) is 6.07 Å². The summed E-state index contributed by atoms with van der Waals surface area (Å²) in [5.74, 6) is -0.321. The summed E-state index contributed by atoms with van der Waals surface area (Å²) in [5, 5.41) is 17.1. The summed E-state index contributed by atoms with van der Waals surface area (Å²) in [4.78, 5) is 20.4. The Morgan fingerprint density at radius 3 is 2.83 bits per heavy atom. The second-order valence-corrected chi connectivity index (χ2v) is 4.36. The van der Waals surface area contributed by atoms with E-state index < -0.39 is 11.6 Å². The molecule has 0 aromatic carbocycles. The lowest BCUT2D eigenvalue weighted by Gasteiger charge is -2.47. The lowest BCUT2D eigenvalue weighted by molar-refractivity contribution is -0.150. The van der Waals surface area contributed by atoms with Crippen LogP contribution >= 0.6 is 0 Å². The van der Waals surface area contributed by atoms with E-state index in [4.69, 9.17) is 15.1 Å². The standard InChI is InChI=1S/C11H12N4O3/c1-11(18-5-10(16)17)6-15(7-11)9-4-13-8(2-12)3-14-9/h3-4H,5-7H2,1H3,(H,16,17). The second kappa shape index (κ2) is 4.58. The van der Waals surface area contributed by atoms with Gasteiger partial charge in [-0.2, -0.15) is 5.26 Å². The molecule has 1 aromatic heterocycles. The number of aromatic nitrogens is 2. The average Bonchev–Trinajstić information content (AvgIpc) is 2.33. The first-order chi connectivity index (χ1) is 8.52. The van der Waals surface area contributed by atoms with Gasteiger partial charge in [0.15, 0.2) is 5.69 Å². The first-order valence-electron chi connectivity index (χ1n) is 5.35. The molecule has 18 heavy (non-hydrogen) atoms. The molecule has 0 radical (unpaired) electrons. The molecule has 1 aliphatic rings. The maximum absolute atomic E-state index is 10.4. The molecule has 0 spiro atoms. The van der Waals surface area contributed by atoms with E-state index >= 15 is 0 Å². The lowest BCUT2D eigenvalue weighted by Crippen LogP contribution is -2.62. The SMILES string of the molecule is CC1(OCC(=O)O)CN(c2cnc(C#N)cn2)C1. The highest BCUT2D eigenvalue weighted by atomic mass is 16.5. The number of carbonyl (C=O) groups is 1. The summed E-state index contributed by atoms with van der Waals surface area (Å²) in [7, 11) is 0. The first-order valence-corrected chi connectivity index (χ1v) is 5.35. The minimum Gasteiger partial charge on any atom is -0.480 e. The van der Waals surface area contributed by atoms with Crippen LogP contribution in [0, 0.1) is 11.3 Å². The molecule has 1 aromatic rings. The molecule has 7 nitrogen and oxygen atoms in total. The minimum absolute atomic E-state index is 0.268. The molecule has 0 atom stereocenters. The summed E-state index contributed by atoms with van der Waals surface area (Å²) >= 11 is 0. The van der Waals surface area contributed by atoms with Gasteiger partial charge >= 0.3 is 5.97 Å². The van der Waals surface area contributed by atoms with Crippen molar-refractivity contribution in [3.63, 3.8) is 0 Å². The quantitative estimate of drug-likeness (QED) is 0.802. The molecule has 0 saturated carbocycles. The molecule has 94 valence electrons. The van der Waals surface area contributed by atoms with Crippen LogP contribution in [0.4, 0.5) is 5.82 Å². The molecule has 0 amide bonds. The maximum Gasteiger partial charge on any atom is 0.329 e. The summed E-state index contributed by atoms with van der Waals surface area (Å²) in [5.41, 5.74) is -0.197. The third-order valence-electron chi connectivity index (χ3n) is 2.67. The van der Waals surface area contributed by atoms with Crippen molar-refractivity contribution in [2.24, 2.45) is 0 Å². The predicted molar refractivity (Wildman–Crippen MR) is 61.0 cm³/mol. The monoisotopic (exact) mass is 248 g/mol. The Labute approximate surface area is 104 Å². The van der Waals surface area contributed by atoms with Gasteiger partial charge in [0.25, 0.3) is 0 Å². The molecule has 1 saturated heterocycles. The number of anilines is 1. The van der Waals surface area contributed by atoms with Crippen molar-refractivity contribution in [1.82, 2.24) is 9.97 Å². The van der Waals surface area contributed by atoms with Gasteiger partial charge < -0.3 is 14.7 Å². The molecule has 2 rings (SSSR count). The summed E-state index contributed by atoms with van der Waals surface area (Å²) in [6.07, 6.45) is 2.93. The number of carboxylic acid groups (broad SMARTS) is 1. The topological polar surface area (TPSA) is 99.3 Å². The largest absolute Gasteiger partial charge is 0.480 e. The normalized spacial score (nSPS) is 16.8. The Balaban J connectivity index is 1.91. The molecule has 7 heteroatoms. The Morgan fingerprint density at radius 1 is 1.61 bits per heavy atom. The zero-order valence-corrected chi connectivity index (χ0v) is 9.83. The van der Waals surface area contributed by atoms with Gasteiger partial charge in [-0.1, -0.05) is 0 Å². The van der Waals surface area contributed by atoms with E-state index in [1.165, 1.54) is 12.4 Å². The number of aliphatic carboxylic acids is 1. The fourth-order valence-corrected chi connectivity index (χ4v) is 1.79. The zero-order valence-electron chi connectivity index (χ0n) is 9.83. The fourth-order valence-electron chi connectivity index (χ4n) is 1.79. The van der Waals surface area contributed by atoms with E-state index in [2.05, 4.69) is 9.97 Å². The first kappa shape index (κ1) is 12.3. The molecule has 0 unspecified atom stereocenters. The Hall–Kier alpha value is -2.20. The second-order valence-electron chi connectivity index (χ2n) is 4.36. The molecule has 0 aliphatic carbocycles. The third kappa shape index (κ3) is 2.55. The zero-order chi connectivity index (χ0) is 13.2. The third-order valence-corrected chi connectivity index (χ3v) is 2.67. The van der Waals surface area contributed by atoms with Gasteiger partial charge in [-0.15, -0.1) is 0 Å². The van der Waals surface area contributed by atoms with Crippen LogP contribution in [0.3, 0.4) is 0 Å². The number of hydrogen-bond acceptors (Lipinski definition) is 6. The smallest absolute Gasteiger partial charge is 0.329 e. The van der Waals surface area contributed by atoms with Gasteiger partial charge in [0.1, 0.15) is 24.1 Å². The van der Waals surface area contributed by atoms with Crippen molar-refractivity contribution in [2.45, 2.75) is 12.5 Å². The lowest BCUT2D eigenvalue weighted by atomic mass is 9.96. The van der Waals surface area contributed by atoms with Crippen molar-refractivity contribution in [1.29, 1.82) is 5.26 Å². The Bertz CT molecular complexity index is 488. The predicted octanol–water partition coefficient (Wildman–Crippen LogP) is 0.0282. The average molecular weight is 248 g/mol. The molecule has 1 aliphatic heterocycles. The molecule has 0 bridgehead atoms. The van der Waals surface area contributed by atoms with Crippen molar-refractivity contribution >= 4 is 11.8 Å². The van der Waals surface area contributed by atoms with Gasteiger partial charge in [0, 0.05) is 0 Å². The van der Waals surface area contributed by atoms with Crippen LogP contribution < -0.4 is 4.90 Å². The van der Waals surface area contributed by atoms with E-state index in [9.17, 15) is 4.79 Å². The van der Waals surface area contributed by atoms with Crippen LogP contribution in [0.2, 0.25) is 0 Å². The number of carboxylic acids is 1. The minimum atomic E-state index is -0.979.